The lowest BCUT2D eigenvalue weighted by Crippen LogP contribution is -2.18. The van der Waals surface area contributed by atoms with Gasteiger partial charge in [-0.1, -0.05) is 12.1 Å². The minimum Gasteiger partial charge on any atom is -0.493 e. The van der Waals surface area contributed by atoms with E-state index >= 15 is 0 Å². The summed E-state index contributed by atoms with van der Waals surface area (Å²) in [5.74, 6) is -0.120. The third-order valence-electron chi connectivity index (χ3n) is 5.34. The van der Waals surface area contributed by atoms with Gasteiger partial charge in [0.05, 0.1) is 25.5 Å². The number of nitrogens with zero attached hydrogens (tertiary/aromatic N) is 2. The Balaban J connectivity index is 1.51. The van der Waals surface area contributed by atoms with Crippen molar-refractivity contribution < 1.29 is 32.7 Å². The summed E-state index contributed by atoms with van der Waals surface area (Å²) >= 11 is 0. The molecule has 1 amide bonds. The van der Waals surface area contributed by atoms with Crippen LogP contribution in [0.25, 0.3) is 11.5 Å². The second-order valence-electron chi connectivity index (χ2n) is 7.66. The number of halogens is 1. The Hall–Kier alpha value is -3.95. The van der Waals surface area contributed by atoms with Gasteiger partial charge in [0, 0.05) is 23.6 Å². The Bertz CT molecular complexity index is 1180. The summed E-state index contributed by atoms with van der Waals surface area (Å²) in [6.07, 6.45) is 0.799. The van der Waals surface area contributed by atoms with Crippen molar-refractivity contribution in [1.82, 2.24) is 10.1 Å². The Labute approximate surface area is 188 Å². The van der Waals surface area contributed by atoms with Crippen molar-refractivity contribution in [2.45, 2.75) is 20.0 Å². The van der Waals surface area contributed by atoms with Crippen LogP contribution in [0.15, 0.2) is 40.9 Å². The van der Waals surface area contributed by atoms with E-state index in [9.17, 15) is 14.0 Å². The third kappa shape index (κ3) is 4.94. The van der Waals surface area contributed by atoms with E-state index in [2.05, 4.69) is 15.5 Å². The lowest BCUT2D eigenvalue weighted by atomic mass is 10.1. The fraction of sp³-hybridized carbons (Fsp3) is 0.304. The fourth-order valence-corrected chi connectivity index (χ4v) is 3.29. The highest BCUT2D eigenvalue weighted by Gasteiger charge is 2.39. The second-order valence-corrected chi connectivity index (χ2v) is 7.66. The molecular weight excluding hydrogens is 433 g/mol. The Morgan fingerprint density at radius 3 is 2.45 bits per heavy atom. The number of ether oxygens (including phenoxy) is 3. The molecule has 1 saturated carbocycles. The smallest absolute Gasteiger partial charge is 0.340 e. The predicted octanol–water partition coefficient (Wildman–Crippen LogP) is 3.84. The SMILES string of the molecule is COc1cc(NC(=O)C2CC2C)c(C(=O)OCc2noc(-c3ccc(F)cc3)n2)cc1OC. The monoisotopic (exact) mass is 455 g/mol. The number of nitrogens with one attached hydrogen (secondary N) is 1. The molecule has 2 unspecified atom stereocenters. The zero-order chi connectivity index (χ0) is 23.5. The molecule has 1 fully saturated rings. The first-order valence-electron chi connectivity index (χ1n) is 10.2. The first-order valence-corrected chi connectivity index (χ1v) is 10.2. The molecule has 1 aliphatic carbocycles. The topological polar surface area (TPSA) is 113 Å². The van der Waals surface area contributed by atoms with Crippen LogP contribution in [0.2, 0.25) is 0 Å². The average Bonchev–Trinajstić information content (AvgIpc) is 3.37. The van der Waals surface area contributed by atoms with Gasteiger partial charge in [0.15, 0.2) is 18.1 Å². The molecule has 33 heavy (non-hydrogen) atoms. The standard InChI is InChI=1S/C23H22FN3O6/c1-12-8-15(12)21(28)25-17-10-19(31-3)18(30-2)9-16(17)23(29)32-11-20-26-22(33-27-20)13-4-6-14(24)7-5-13/h4-7,9-10,12,15H,8,11H2,1-3H3,(H,25,28). The Morgan fingerprint density at radius 2 is 1.82 bits per heavy atom. The number of rotatable bonds is 8. The molecule has 1 heterocycles. The van der Waals surface area contributed by atoms with Gasteiger partial charge in [-0.15, -0.1) is 0 Å². The predicted molar refractivity (Wildman–Crippen MR) is 114 cm³/mol. The summed E-state index contributed by atoms with van der Waals surface area (Å²) in [6.45, 7) is 1.71. The number of benzene rings is 2. The van der Waals surface area contributed by atoms with Crippen LogP contribution in [0, 0.1) is 17.7 Å². The molecule has 0 aliphatic heterocycles. The molecule has 4 rings (SSSR count). The molecule has 0 saturated heterocycles. The van der Waals surface area contributed by atoms with Crippen molar-refractivity contribution >= 4 is 17.6 Å². The van der Waals surface area contributed by atoms with Gasteiger partial charge in [-0.2, -0.15) is 4.98 Å². The lowest BCUT2D eigenvalue weighted by molar-refractivity contribution is -0.117. The van der Waals surface area contributed by atoms with E-state index < -0.39 is 5.97 Å². The van der Waals surface area contributed by atoms with Crippen LogP contribution < -0.4 is 14.8 Å². The number of carbonyl (C=O) groups is 2. The maximum atomic E-state index is 13.1. The van der Waals surface area contributed by atoms with Gasteiger partial charge in [-0.05, 0) is 36.6 Å². The molecule has 10 heteroatoms. The molecule has 2 aromatic carbocycles. The number of hydrogen-bond acceptors (Lipinski definition) is 8. The van der Waals surface area contributed by atoms with E-state index in [1.165, 1.54) is 50.6 Å². The number of aromatic nitrogens is 2. The number of hydrogen-bond donors (Lipinski definition) is 1. The quantitative estimate of drug-likeness (QED) is 0.510. The van der Waals surface area contributed by atoms with Crippen molar-refractivity contribution in [3.63, 3.8) is 0 Å². The molecule has 0 bridgehead atoms. The maximum absolute atomic E-state index is 13.1. The van der Waals surface area contributed by atoms with E-state index in [1.54, 1.807) is 0 Å². The molecule has 1 aromatic heterocycles. The first kappa shape index (κ1) is 22.3. The van der Waals surface area contributed by atoms with Crippen LogP contribution in [0.3, 0.4) is 0 Å². The van der Waals surface area contributed by atoms with Gasteiger partial charge in [-0.3, -0.25) is 4.79 Å². The summed E-state index contributed by atoms with van der Waals surface area (Å²) < 4.78 is 34.1. The van der Waals surface area contributed by atoms with Crippen molar-refractivity contribution in [3.8, 4) is 23.0 Å². The molecule has 1 aliphatic rings. The van der Waals surface area contributed by atoms with E-state index in [0.29, 0.717) is 23.0 Å². The summed E-state index contributed by atoms with van der Waals surface area (Å²) in [5, 5.41) is 6.56. The minimum atomic E-state index is -0.719. The molecule has 2 atom stereocenters. The molecular formula is C23H22FN3O6. The van der Waals surface area contributed by atoms with Crippen LogP contribution in [0.1, 0.15) is 29.5 Å². The molecule has 172 valence electrons. The third-order valence-corrected chi connectivity index (χ3v) is 5.34. The van der Waals surface area contributed by atoms with E-state index in [-0.39, 0.29) is 47.2 Å². The maximum Gasteiger partial charge on any atom is 0.340 e. The van der Waals surface area contributed by atoms with Crippen LogP contribution in [-0.4, -0.2) is 36.2 Å². The fourth-order valence-electron chi connectivity index (χ4n) is 3.29. The van der Waals surface area contributed by atoms with Gasteiger partial charge >= 0.3 is 5.97 Å². The summed E-state index contributed by atoms with van der Waals surface area (Å²) in [5.41, 5.74) is 0.874. The highest BCUT2D eigenvalue weighted by atomic mass is 19.1. The number of methoxy groups -OCH3 is 2. The molecule has 3 aromatic rings. The molecule has 9 nitrogen and oxygen atoms in total. The number of carbonyl (C=O) groups excluding carboxylic acids is 2. The van der Waals surface area contributed by atoms with E-state index in [4.69, 9.17) is 18.7 Å². The van der Waals surface area contributed by atoms with Crippen LogP contribution in [-0.2, 0) is 16.1 Å². The van der Waals surface area contributed by atoms with Crippen LogP contribution in [0.4, 0.5) is 10.1 Å². The highest BCUT2D eigenvalue weighted by molar-refractivity contribution is 6.03. The Kier molecular flexibility index (Phi) is 6.25. The van der Waals surface area contributed by atoms with Crippen molar-refractivity contribution in [3.05, 3.63) is 53.6 Å². The highest BCUT2D eigenvalue weighted by Crippen LogP contribution is 2.40. The Morgan fingerprint density at radius 1 is 1.15 bits per heavy atom. The molecule has 1 N–H and O–H groups in total. The van der Waals surface area contributed by atoms with Gasteiger partial charge in [0.2, 0.25) is 11.7 Å². The molecule has 0 spiro atoms. The summed E-state index contributed by atoms with van der Waals surface area (Å²) in [7, 11) is 2.90. The minimum absolute atomic E-state index is 0.0915. The van der Waals surface area contributed by atoms with Crippen molar-refractivity contribution in [2.75, 3.05) is 19.5 Å². The zero-order valence-corrected chi connectivity index (χ0v) is 18.3. The van der Waals surface area contributed by atoms with E-state index in [1.807, 2.05) is 6.92 Å². The molecule has 0 radical (unpaired) electrons. The van der Waals surface area contributed by atoms with Gasteiger partial charge in [0.25, 0.3) is 5.89 Å². The van der Waals surface area contributed by atoms with Gasteiger partial charge in [-0.25, -0.2) is 9.18 Å². The van der Waals surface area contributed by atoms with Crippen molar-refractivity contribution in [1.29, 1.82) is 0 Å². The largest absolute Gasteiger partial charge is 0.493 e. The lowest BCUT2D eigenvalue weighted by Gasteiger charge is -2.15. The van der Waals surface area contributed by atoms with Crippen LogP contribution >= 0.6 is 0 Å². The normalized spacial score (nSPS) is 16.7. The second kappa shape index (κ2) is 9.27. The van der Waals surface area contributed by atoms with E-state index in [0.717, 1.165) is 6.42 Å². The summed E-state index contributed by atoms with van der Waals surface area (Å²) in [4.78, 5) is 29.5. The summed E-state index contributed by atoms with van der Waals surface area (Å²) in [6, 6.07) is 8.49. The number of anilines is 1. The average molecular weight is 455 g/mol. The van der Waals surface area contributed by atoms with Gasteiger partial charge in [0.1, 0.15) is 5.82 Å². The number of esters is 1. The van der Waals surface area contributed by atoms with Crippen LogP contribution in [0.5, 0.6) is 11.5 Å². The zero-order valence-electron chi connectivity index (χ0n) is 18.3. The van der Waals surface area contributed by atoms with Gasteiger partial charge < -0.3 is 24.1 Å². The number of amides is 1. The van der Waals surface area contributed by atoms with Crippen molar-refractivity contribution in [2.24, 2.45) is 11.8 Å². The first-order chi connectivity index (χ1) is 15.9.